The SMILES string of the molecule is O=C(NCC#Cc1ccc2cn[nH]c2c1)OCC1c2ccccc2-c2ccccc21. The maximum atomic E-state index is 12.2. The molecule has 0 fully saturated rings. The number of benzene rings is 3. The van der Waals surface area contributed by atoms with Crippen LogP contribution in [0.25, 0.3) is 22.0 Å². The highest BCUT2D eigenvalue weighted by molar-refractivity contribution is 5.80. The molecule has 5 heteroatoms. The van der Waals surface area contributed by atoms with Crippen molar-refractivity contribution in [3.8, 4) is 23.0 Å². The summed E-state index contributed by atoms with van der Waals surface area (Å²) >= 11 is 0. The van der Waals surface area contributed by atoms with Gasteiger partial charge in [-0.1, -0.05) is 60.4 Å². The van der Waals surface area contributed by atoms with E-state index in [4.69, 9.17) is 4.74 Å². The Morgan fingerprint density at radius 1 is 1.03 bits per heavy atom. The molecule has 1 heterocycles. The van der Waals surface area contributed by atoms with Gasteiger partial charge in [-0.3, -0.25) is 5.10 Å². The first-order chi connectivity index (χ1) is 14.8. The van der Waals surface area contributed by atoms with Gasteiger partial charge in [0.05, 0.1) is 18.3 Å². The lowest BCUT2D eigenvalue weighted by atomic mass is 9.98. The van der Waals surface area contributed by atoms with Crippen molar-refractivity contribution in [3.05, 3.63) is 89.6 Å². The van der Waals surface area contributed by atoms with Crippen LogP contribution in [0.4, 0.5) is 4.79 Å². The van der Waals surface area contributed by atoms with E-state index in [-0.39, 0.29) is 12.5 Å². The fourth-order valence-electron chi connectivity index (χ4n) is 3.93. The molecule has 3 aromatic carbocycles. The molecule has 0 spiro atoms. The molecule has 0 atom stereocenters. The van der Waals surface area contributed by atoms with Crippen molar-refractivity contribution in [2.45, 2.75) is 5.92 Å². The molecule has 2 N–H and O–H groups in total. The first-order valence-electron chi connectivity index (χ1n) is 9.80. The molecular weight excluding hydrogens is 374 g/mol. The van der Waals surface area contributed by atoms with Crippen molar-refractivity contribution in [2.75, 3.05) is 13.2 Å². The molecule has 0 saturated heterocycles. The second-order valence-electron chi connectivity index (χ2n) is 7.15. The third-order valence-electron chi connectivity index (χ3n) is 5.34. The minimum absolute atomic E-state index is 0.0513. The highest BCUT2D eigenvalue weighted by Crippen LogP contribution is 2.44. The monoisotopic (exact) mass is 393 g/mol. The lowest BCUT2D eigenvalue weighted by Crippen LogP contribution is -2.26. The van der Waals surface area contributed by atoms with Crippen LogP contribution in [0.15, 0.2) is 72.9 Å². The van der Waals surface area contributed by atoms with Gasteiger partial charge in [0.1, 0.15) is 6.61 Å². The lowest BCUT2D eigenvalue weighted by Gasteiger charge is -2.14. The number of ether oxygens (including phenoxy) is 1. The number of hydrogen-bond acceptors (Lipinski definition) is 3. The van der Waals surface area contributed by atoms with E-state index in [9.17, 15) is 4.79 Å². The molecule has 5 rings (SSSR count). The summed E-state index contributed by atoms with van der Waals surface area (Å²) in [6, 6.07) is 22.4. The molecule has 1 amide bonds. The Balaban J connectivity index is 1.19. The van der Waals surface area contributed by atoms with Crippen LogP contribution in [-0.2, 0) is 4.74 Å². The predicted molar refractivity (Wildman–Crippen MR) is 116 cm³/mol. The molecular formula is C25H19N3O2. The Kier molecular flexibility index (Phi) is 4.66. The Labute approximate surface area is 174 Å². The van der Waals surface area contributed by atoms with Gasteiger partial charge in [-0.05, 0) is 40.5 Å². The number of amides is 1. The molecule has 5 nitrogen and oxygen atoms in total. The normalized spacial score (nSPS) is 12.0. The van der Waals surface area contributed by atoms with Crippen molar-refractivity contribution in [1.29, 1.82) is 0 Å². The van der Waals surface area contributed by atoms with Crippen molar-refractivity contribution >= 4 is 17.0 Å². The minimum Gasteiger partial charge on any atom is -0.449 e. The summed E-state index contributed by atoms with van der Waals surface area (Å²) in [5.74, 6) is 6.04. The highest BCUT2D eigenvalue weighted by Gasteiger charge is 2.28. The summed E-state index contributed by atoms with van der Waals surface area (Å²) in [5.41, 5.74) is 6.61. The standard InChI is InChI=1S/C25H19N3O2/c29-25(26-13-5-6-17-11-12-18-15-27-28-24(18)14-17)30-16-23-21-9-3-1-7-19(21)20-8-2-4-10-22(20)23/h1-4,7-12,14-15,23H,13,16H2,(H,26,29)(H,27,28). The number of fused-ring (bicyclic) bond motifs is 4. The van der Waals surface area contributed by atoms with Crippen LogP contribution >= 0.6 is 0 Å². The van der Waals surface area contributed by atoms with E-state index in [0.29, 0.717) is 6.61 Å². The van der Waals surface area contributed by atoms with Crippen molar-refractivity contribution < 1.29 is 9.53 Å². The van der Waals surface area contributed by atoms with Gasteiger partial charge < -0.3 is 10.1 Å². The van der Waals surface area contributed by atoms with Crippen molar-refractivity contribution in [3.63, 3.8) is 0 Å². The molecule has 0 bridgehead atoms. The summed E-state index contributed by atoms with van der Waals surface area (Å²) in [6.07, 6.45) is 1.31. The van der Waals surface area contributed by atoms with Crippen LogP contribution in [0.5, 0.6) is 0 Å². The molecule has 0 unspecified atom stereocenters. The fraction of sp³-hybridized carbons (Fsp3) is 0.120. The van der Waals surface area contributed by atoms with E-state index in [1.165, 1.54) is 22.3 Å². The molecule has 1 aliphatic rings. The van der Waals surface area contributed by atoms with Crippen LogP contribution in [-0.4, -0.2) is 29.4 Å². The summed E-state index contributed by atoms with van der Waals surface area (Å²) in [5, 5.41) is 10.7. The van der Waals surface area contributed by atoms with E-state index in [1.54, 1.807) is 6.20 Å². The van der Waals surface area contributed by atoms with Crippen LogP contribution in [0.3, 0.4) is 0 Å². The largest absolute Gasteiger partial charge is 0.449 e. The number of carbonyl (C=O) groups is 1. The van der Waals surface area contributed by atoms with E-state index in [0.717, 1.165) is 16.5 Å². The summed E-state index contributed by atoms with van der Waals surface area (Å²) in [7, 11) is 0. The van der Waals surface area contributed by atoms with Gasteiger partial charge >= 0.3 is 6.09 Å². The quantitative estimate of drug-likeness (QED) is 0.505. The number of rotatable bonds is 3. The zero-order valence-corrected chi connectivity index (χ0v) is 16.2. The summed E-state index contributed by atoms with van der Waals surface area (Å²) in [6.45, 7) is 0.515. The van der Waals surface area contributed by atoms with Crippen LogP contribution < -0.4 is 5.32 Å². The van der Waals surface area contributed by atoms with Crippen LogP contribution in [0, 0.1) is 11.8 Å². The zero-order valence-electron chi connectivity index (χ0n) is 16.2. The predicted octanol–water partition coefficient (Wildman–Crippen LogP) is 4.45. The number of aromatic amines is 1. The molecule has 0 radical (unpaired) electrons. The van der Waals surface area contributed by atoms with Gasteiger partial charge in [0, 0.05) is 16.9 Å². The fourth-order valence-corrected chi connectivity index (χ4v) is 3.93. The molecule has 4 aromatic rings. The van der Waals surface area contributed by atoms with Crippen molar-refractivity contribution in [2.24, 2.45) is 0 Å². The number of nitrogens with one attached hydrogen (secondary N) is 2. The van der Waals surface area contributed by atoms with Crippen LogP contribution in [0.1, 0.15) is 22.6 Å². The second-order valence-corrected chi connectivity index (χ2v) is 7.15. The number of carbonyl (C=O) groups excluding carboxylic acids is 1. The zero-order chi connectivity index (χ0) is 20.3. The maximum absolute atomic E-state index is 12.2. The average molecular weight is 393 g/mol. The Morgan fingerprint density at radius 3 is 2.53 bits per heavy atom. The van der Waals surface area contributed by atoms with E-state index in [1.807, 2.05) is 42.5 Å². The van der Waals surface area contributed by atoms with E-state index >= 15 is 0 Å². The Morgan fingerprint density at radius 2 is 1.77 bits per heavy atom. The molecule has 1 aliphatic carbocycles. The maximum Gasteiger partial charge on any atom is 0.407 e. The van der Waals surface area contributed by atoms with Crippen LogP contribution in [0.2, 0.25) is 0 Å². The topological polar surface area (TPSA) is 67.0 Å². The molecule has 1 aromatic heterocycles. The molecule has 146 valence electrons. The van der Waals surface area contributed by atoms with E-state index < -0.39 is 6.09 Å². The van der Waals surface area contributed by atoms with Gasteiger partial charge in [0.2, 0.25) is 0 Å². The number of alkyl carbamates (subject to hydrolysis) is 1. The Bertz CT molecular complexity index is 1250. The van der Waals surface area contributed by atoms with Gasteiger partial charge in [0.25, 0.3) is 0 Å². The number of aromatic nitrogens is 2. The van der Waals surface area contributed by atoms with Gasteiger partial charge in [-0.25, -0.2) is 4.79 Å². The van der Waals surface area contributed by atoms with Gasteiger partial charge in [0.15, 0.2) is 0 Å². The van der Waals surface area contributed by atoms with E-state index in [2.05, 4.69) is 51.6 Å². The smallest absolute Gasteiger partial charge is 0.407 e. The number of hydrogen-bond donors (Lipinski definition) is 2. The Hall–Kier alpha value is -4.04. The summed E-state index contributed by atoms with van der Waals surface area (Å²) in [4.78, 5) is 12.2. The number of H-pyrrole nitrogens is 1. The summed E-state index contributed by atoms with van der Waals surface area (Å²) < 4.78 is 5.51. The third kappa shape index (κ3) is 3.40. The highest BCUT2D eigenvalue weighted by atomic mass is 16.5. The third-order valence-corrected chi connectivity index (χ3v) is 5.34. The first-order valence-corrected chi connectivity index (χ1v) is 9.80. The lowest BCUT2D eigenvalue weighted by molar-refractivity contribution is 0.144. The molecule has 0 saturated carbocycles. The first kappa shape index (κ1) is 18.0. The van der Waals surface area contributed by atoms with Gasteiger partial charge in [-0.2, -0.15) is 5.10 Å². The second kappa shape index (κ2) is 7.76. The average Bonchev–Trinajstić information content (AvgIpc) is 3.37. The van der Waals surface area contributed by atoms with Crippen molar-refractivity contribution in [1.82, 2.24) is 15.5 Å². The van der Waals surface area contributed by atoms with Gasteiger partial charge in [-0.15, -0.1) is 0 Å². The molecule has 30 heavy (non-hydrogen) atoms. The number of nitrogens with zero attached hydrogens (tertiary/aromatic N) is 1. The molecule has 0 aliphatic heterocycles. The minimum atomic E-state index is -0.463.